The highest BCUT2D eigenvalue weighted by molar-refractivity contribution is 9.10. The first-order valence-electron chi connectivity index (χ1n) is 6.19. The molecule has 1 aromatic carbocycles. The summed E-state index contributed by atoms with van der Waals surface area (Å²) in [6, 6.07) is 5.93. The number of benzene rings is 1. The Kier molecular flexibility index (Phi) is 4.54. The van der Waals surface area contributed by atoms with Crippen molar-refractivity contribution in [1.82, 2.24) is 9.97 Å². The zero-order valence-corrected chi connectivity index (χ0v) is 13.0. The van der Waals surface area contributed by atoms with Gasteiger partial charge in [0, 0.05) is 19.0 Å². The average Bonchev–Trinajstić information content (AvgIpc) is 2.41. The Bertz CT molecular complexity index is 619. The topological polar surface area (TPSA) is 47.0 Å². The minimum absolute atomic E-state index is 0.183. The van der Waals surface area contributed by atoms with Crippen LogP contribution in [0.5, 0.6) is 11.6 Å². The molecule has 0 bridgehead atoms. The Balaban J connectivity index is 2.34. The van der Waals surface area contributed by atoms with E-state index in [1.54, 1.807) is 19.2 Å². The van der Waals surface area contributed by atoms with Crippen LogP contribution in [0.3, 0.4) is 0 Å². The van der Waals surface area contributed by atoms with Gasteiger partial charge in [-0.1, -0.05) is 13.8 Å². The van der Waals surface area contributed by atoms with Gasteiger partial charge < -0.3 is 10.1 Å². The zero-order chi connectivity index (χ0) is 14.7. The van der Waals surface area contributed by atoms with Crippen molar-refractivity contribution >= 4 is 21.7 Å². The van der Waals surface area contributed by atoms with Crippen LogP contribution in [0.1, 0.15) is 25.6 Å². The number of anilines is 1. The number of hydrogen-bond acceptors (Lipinski definition) is 4. The number of nitrogens with one attached hydrogen (secondary N) is 1. The number of hydrogen-bond donors (Lipinski definition) is 1. The lowest BCUT2D eigenvalue weighted by Gasteiger charge is -2.11. The SMILES string of the molecule is CNc1cc(Oc2ccc(F)cc2Br)nc(C(C)C)n1. The fourth-order valence-electron chi connectivity index (χ4n) is 1.55. The van der Waals surface area contributed by atoms with E-state index in [0.717, 1.165) is 0 Å². The number of rotatable bonds is 4. The molecule has 0 saturated heterocycles. The molecule has 2 rings (SSSR count). The number of ether oxygens (including phenoxy) is 1. The maximum Gasteiger partial charge on any atom is 0.224 e. The summed E-state index contributed by atoms with van der Waals surface area (Å²) in [7, 11) is 1.78. The molecule has 0 unspecified atom stereocenters. The Morgan fingerprint density at radius 2 is 2.00 bits per heavy atom. The highest BCUT2D eigenvalue weighted by Gasteiger charge is 2.10. The minimum Gasteiger partial charge on any atom is -0.438 e. The summed E-state index contributed by atoms with van der Waals surface area (Å²) in [6.45, 7) is 4.01. The maximum atomic E-state index is 13.1. The van der Waals surface area contributed by atoms with Gasteiger partial charge in [0.15, 0.2) is 0 Å². The second-order valence-corrected chi connectivity index (χ2v) is 5.39. The van der Waals surface area contributed by atoms with E-state index in [9.17, 15) is 4.39 Å². The lowest BCUT2D eigenvalue weighted by atomic mass is 10.2. The van der Waals surface area contributed by atoms with Gasteiger partial charge in [-0.25, -0.2) is 9.37 Å². The van der Waals surface area contributed by atoms with E-state index in [-0.39, 0.29) is 11.7 Å². The molecule has 1 N–H and O–H groups in total. The lowest BCUT2D eigenvalue weighted by molar-refractivity contribution is 0.453. The van der Waals surface area contributed by atoms with Crippen molar-refractivity contribution in [3.05, 3.63) is 40.4 Å². The summed E-state index contributed by atoms with van der Waals surface area (Å²) in [6.07, 6.45) is 0. The lowest BCUT2D eigenvalue weighted by Crippen LogP contribution is -2.03. The van der Waals surface area contributed by atoms with Crippen LogP contribution in [0.4, 0.5) is 10.2 Å². The fourth-order valence-corrected chi connectivity index (χ4v) is 1.98. The molecule has 0 saturated carbocycles. The highest BCUT2D eigenvalue weighted by Crippen LogP contribution is 2.30. The molecule has 0 aliphatic heterocycles. The van der Waals surface area contributed by atoms with E-state index in [0.29, 0.717) is 27.7 Å². The third-order valence-electron chi connectivity index (χ3n) is 2.60. The van der Waals surface area contributed by atoms with Crippen molar-refractivity contribution < 1.29 is 9.13 Å². The molecule has 4 nitrogen and oxygen atoms in total. The Morgan fingerprint density at radius 3 is 2.60 bits per heavy atom. The van der Waals surface area contributed by atoms with Crippen LogP contribution in [-0.4, -0.2) is 17.0 Å². The van der Waals surface area contributed by atoms with E-state index >= 15 is 0 Å². The predicted octanol–water partition coefficient (Wildman–Crippen LogP) is 4.34. The third-order valence-corrected chi connectivity index (χ3v) is 3.22. The normalized spacial score (nSPS) is 10.7. The summed E-state index contributed by atoms with van der Waals surface area (Å²) in [4.78, 5) is 8.71. The smallest absolute Gasteiger partial charge is 0.224 e. The minimum atomic E-state index is -0.328. The first-order chi connectivity index (χ1) is 9.49. The van der Waals surface area contributed by atoms with Crippen LogP contribution in [-0.2, 0) is 0 Å². The van der Waals surface area contributed by atoms with Crippen molar-refractivity contribution in [2.75, 3.05) is 12.4 Å². The molecule has 0 radical (unpaired) electrons. The molecule has 0 aliphatic rings. The van der Waals surface area contributed by atoms with Crippen LogP contribution >= 0.6 is 15.9 Å². The van der Waals surface area contributed by atoms with E-state index in [1.165, 1.54) is 12.1 Å². The molecule has 2 aromatic rings. The molecule has 0 aliphatic carbocycles. The summed E-state index contributed by atoms with van der Waals surface area (Å²) in [5.41, 5.74) is 0. The largest absolute Gasteiger partial charge is 0.438 e. The first kappa shape index (κ1) is 14.7. The summed E-state index contributed by atoms with van der Waals surface area (Å²) in [5, 5.41) is 2.97. The molecule has 1 aromatic heterocycles. The number of halogens is 2. The van der Waals surface area contributed by atoms with Crippen LogP contribution in [0, 0.1) is 5.82 Å². The van der Waals surface area contributed by atoms with Gasteiger partial charge >= 0.3 is 0 Å². The van der Waals surface area contributed by atoms with Crippen molar-refractivity contribution in [1.29, 1.82) is 0 Å². The van der Waals surface area contributed by atoms with E-state index in [1.807, 2.05) is 13.8 Å². The quantitative estimate of drug-likeness (QED) is 0.900. The molecule has 0 fully saturated rings. The number of aromatic nitrogens is 2. The molecular weight excluding hydrogens is 325 g/mol. The van der Waals surface area contributed by atoms with Gasteiger partial charge in [-0.2, -0.15) is 4.98 Å². The van der Waals surface area contributed by atoms with E-state index in [2.05, 4.69) is 31.2 Å². The third kappa shape index (κ3) is 3.45. The molecular formula is C14H15BrFN3O. The van der Waals surface area contributed by atoms with Crippen molar-refractivity contribution in [2.24, 2.45) is 0 Å². The highest BCUT2D eigenvalue weighted by atomic mass is 79.9. The van der Waals surface area contributed by atoms with Crippen LogP contribution in [0.2, 0.25) is 0 Å². The van der Waals surface area contributed by atoms with Crippen LogP contribution in [0.25, 0.3) is 0 Å². The van der Waals surface area contributed by atoms with E-state index < -0.39 is 0 Å². The molecule has 106 valence electrons. The van der Waals surface area contributed by atoms with Crippen LogP contribution in [0.15, 0.2) is 28.7 Å². The molecule has 20 heavy (non-hydrogen) atoms. The predicted molar refractivity (Wildman–Crippen MR) is 79.8 cm³/mol. The summed E-state index contributed by atoms with van der Waals surface area (Å²) in [5.74, 6) is 2.14. The van der Waals surface area contributed by atoms with Gasteiger partial charge in [-0.15, -0.1) is 0 Å². The van der Waals surface area contributed by atoms with Gasteiger partial charge in [0.2, 0.25) is 5.88 Å². The molecule has 0 atom stereocenters. The van der Waals surface area contributed by atoms with Gasteiger partial charge in [0.05, 0.1) is 4.47 Å². The molecule has 6 heteroatoms. The number of nitrogens with zero attached hydrogens (tertiary/aromatic N) is 2. The Morgan fingerprint density at radius 1 is 1.25 bits per heavy atom. The van der Waals surface area contributed by atoms with Crippen molar-refractivity contribution in [3.8, 4) is 11.6 Å². The van der Waals surface area contributed by atoms with Gasteiger partial charge in [0.1, 0.15) is 23.2 Å². The average molecular weight is 340 g/mol. The maximum absolute atomic E-state index is 13.1. The molecule has 0 amide bonds. The Labute approximate surface area is 125 Å². The molecule has 1 heterocycles. The molecule has 0 spiro atoms. The second-order valence-electron chi connectivity index (χ2n) is 4.53. The second kappa shape index (κ2) is 6.17. The van der Waals surface area contributed by atoms with Crippen molar-refractivity contribution in [3.63, 3.8) is 0 Å². The van der Waals surface area contributed by atoms with Gasteiger partial charge in [-0.3, -0.25) is 0 Å². The fraction of sp³-hybridized carbons (Fsp3) is 0.286. The summed E-state index contributed by atoms with van der Waals surface area (Å²) >= 11 is 3.26. The monoisotopic (exact) mass is 339 g/mol. The Hall–Kier alpha value is -1.69. The van der Waals surface area contributed by atoms with Gasteiger partial charge in [0.25, 0.3) is 0 Å². The summed E-state index contributed by atoms with van der Waals surface area (Å²) < 4.78 is 19.3. The van der Waals surface area contributed by atoms with Gasteiger partial charge in [-0.05, 0) is 34.1 Å². The zero-order valence-electron chi connectivity index (χ0n) is 11.4. The standard InChI is InChI=1S/C14H15BrFN3O/c1-8(2)14-18-12(17-3)7-13(19-14)20-11-5-4-9(16)6-10(11)15/h4-8H,1-3H3,(H,17,18,19). The van der Waals surface area contributed by atoms with E-state index in [4.69, 9.17) is 4.74 Å². The van der Waals surface area contributed by atoms with Crippen LogP contribution < -0.4 is 10.1 Å². The van der Waals surface area contributed by atoms with Crippen molar-refractivity contribution in [2.45, 2.75) is 19.8 Å². The first-order valence-corrected chi connectivity index (χ1v) is 6.98.